The molecule has 0 bridgehead atoms. The van der Waals surface area contributed by atoms with Crippen molar-refractivity contribution >= 4 is 32.7 Å². The van der Waals surface area contributed by atoms with E-state index in [0.717, 1.165) is 15.5 Å². The van der Waals surface area contributed by atoms with Gasteiger partial charge < -0.3 is 10.7 Å². The molecule has 0 aliphatic carbocycles. The number of nitrogens with one attached hydrogen (secondary N) is 1. The van der Waals surface area contributed by atoms with Crippen LogP contribution in [0.2, 0.25) is 0 Å². The van der Waals surface area contributed by atoms with Crippen molar-refractivity contribution in [2.24, 2.45) is 0 Å². The predicted octanol–water partition coefficient (Wildman–Crippen LogP) is 3.64. The molecular weight excluding hydrogens is 309 g/mol. The van der Waals surface area contributed by atoms with E-state index in [1.165, 1.54) is 6.07 Å². The summed E-state index contributed by atoms with van der Waals surface area (Å²) in [6.45, 7) is 0. The first-order valence-corrected chi connectivity index (χ1v) is 6.60. The highest BCUT2D eigenvalue weighted by Crippen LogP contribution is 2.25. The van der Waals surface area contributed by atoms with Gasteiger partial charge >= 0.3 is 0 Å². The Bertz CT molecular complexity index is 752. The molecule has 0 saturated heterocycles. The smallest absolute Gasteiger partial charge is 0.126 e. The molecule has 1 heterocycles. The van der Waals surface area contributed by atoms with Crippen LogP contribution in [0.5, 0.6) is 0 Å². The summed E-state index contributed by atoms with van der Waals surface area (Å²) < 4.78 is 14.5. The van der Waals surface area contributed by atoms with Crippen molar-refractivity contribution in [3.63, 3.8) is 0 Å². The summed E-state index contributed by atoms with van der Waals surface area (Å²) in [6, 6.07) is 10.4. The van der Waals surface area contributed by atoms with Crippen LogP contribution >= 0.6 is 15.9 Å². The third-order valence-corrected chi connectivity index (χ3v) is 3.40. The Kier molecular flexibility index (Phi) is 2.98. The van der Waals surface area contributed by atoms with E-state index >= 15 is 0 Å². The molecule has 3 rings (SSSR count). The van der Waals surface area contributed by atoms with Gasteiger partial charge in [0, 0.05) is 10.9 Å². The molecule has 2 aromatic carbocycles. The second-order valence-electron chi connectivity index (χ2n) is 4.34. The third kappa shape index (κ3) is 2.33. The number of nitrogen functional groups attached to an aromatic ring is 1. The van der Waals surface area contributed by atoms with Crippen LogP contribution in [0.1, 0.15) is 11.4 Å². The summed E-state index contributed by atoms with van der Waals surface area (Å²) in [6.07, 6.45) is 0.415. The molecule has 3 N–H and O–H groups in total. The molecule has 0 amide bonds. The maximum absolute atomic E-state index is 13.6. The van der Waals surface area contributed by atoms with E-state index in [9.17, 15) is 4.39 Å². The predicted molar refractivity (Wildman–Crippen MR) is 77.4 cm³/mol. The monoisotopic (exact) mass is 319 g/mol. The van der Waals surface area contributed by atoms with E-state index in [-0.39, 0.29) is 5.82 Å². The summed E-state index contributed by atoms with van der Waals surface area (Å²) in [5.41, 5.74) is 8.68. The van der Waals surface area contributed by atoms with Crippen LogP contribution in [0.4, 0.5) is 10.1 Å². The third-order valence-electron chi connectivity index (χ3n) is 2.95. The standard InChI is InChI=1S/C14H11BrFN3/c15-9-6-11(17)14-12(7-9)18-13(19-14)5-8-3-1-2-4-10(8)16/h1-4,6-7H,5,17H2,(H,18,19). The topological polar surface area (TPSA) is 54.7 Å². The number of imidazole rings is 1. The lowest BCUT2D eigenvalue weighted by molar-refractivity contribution is 0.612. The minimum absolute atomic E-state index is 0.225. The first kappa shape index (κ1) is 12.2. The van der Waals surface area contributed by atoms with Crippen molar-refractivity contribution in [1.82, 2.24) is 9.97 Å². The summed E-state index contributed by atoms with van der Waals surface area (Å²) in [5, 5.41) is 0. The van der Waals surface area contributed by atoms with Crippen molar-refractivity contribution in [2.75, 3.05) is 5.73 Å². The fraction of sp³-hybridized carbons (Fsp3) is 0.0714. The van der Waals surface area contributed by atoms with Crippen molar-refractivity contribution in [2.45, 2.75) is 6.42 Å². The zero-order valence-corrected chi connectivity index (χ0v) is 11.5. The number of rotatable bonds is 2. The Morgan fingerprint density at radius 3 is 2.84 bits per heavy atom. The van der Waals surface area contributed by atoms with Gasteiger partial charge in [-0.05, 0) is 23.8 Å². The molecule has 0 radical (unpaired) electrons. The minimum Gasteiger partial charge on any atom is -0.397 e. The van der Waals surface area contributed by atoms with E-state index < -0.39 is 0 Å². The lowest BCUT2D eigenvalue weighted by Crippen LogP contribution is -1.94. The molecule has 0 aliphatic rings. The number of halogens is 2. The average molecular weight is 320 g/mol. The van der Waals surface area contributed by atoms with E-state index in [4.69, 9.17) is 5.73 Å². The second-order valence-corrected chi connectivity index (χ2v) is 5.26. The number of anilines is 1. The Balaban J connectivity index is 2.03. The van der Waals surface area contributed by atoms with Crippen LogP contribution in [0.15, 0.2) is 40.9 Å². The molecule has 5 heteroatoms. The van der Waals surface area contributed by atoms with E-state index in [0.29, 0.717) is 23.5 Å². The highest BCUT2D eigenvalue weighted by molar-refractivity contribution is 9.10. The number of nitrogens with two attached hydrogens (primary N) is 1. The van der Waals surface area contributed by atoms with Gasteiger partial charge in [0.1, 0.15) is 17.2 Å². The number of hydrogen-bond donors (Lipinski definition) is 2. The van der Waals surface area contributed by atoms with Crippen molar-refractivity contribution in [3.8, 4) is 0 Å². The molecule has 0 fully saturated rings. The molecule has 19 heavy (non-hydrogen) atoms. The van der Waals surface area contributed by atoms with Crippen molar-refractivity contribution in [3.05, 3.63) is 58.1 Å². The van der Waals surface area contributed by atoms with Gasteiger partial charge in [0.15, 0.2) is 0 Å². The van der Waals surface area contributed by atoms with Crippen LogP contribution in [0.3, 0.4) is 0 Å². The first-order chi connectivity index (χ1) is 9.13. The maximum Gasteiger partial charge on any atom is 0.126 e. The average Bonchev–Trinajstić information content (AvgIpc) is 2.75. The maximum atomic E-state index is 13.6. The highest BCUT2D eigenvalue weighted by atomic mass is 79.9. The van der Waals surface area contributed by atoms with Crippen LogP contribution in [-0.4, -0.2) is 9.97 Å². The zero-order valence-electron chi connectivity index (χ0n) is 9.95. The van der Waals surface area contributed by atoms with Gasteiger partial charge in [-0.1, -0.05) is 34.1 Å². The van der Waals surface area contributed by atoms with Gasteiger partial charge in [-0.3, -0.25) is 0 Å². The molecule has 0 spiro atoms. The van der Waals surface area contributed by atoms with Crippen molar-refractivity contribution in [1.29, 1.82) is 0 Å². The van der Waals surface area contributed by atoms with Gasteiger partial charge in [0.25, 0.3) is 0 Å². The van der Waals surface area contributed by atoms with Crippen LogP contribution in [-0.2, 0) is 6.42 Å². The molecule has 3 aromatic rings. The molecule has 1 aromatic heterocycles. The quantitative estimate of drug-likeness (QED) is 0.708. The number of H-pyrrole nitrogens is 1. The van der Waals surface area contributed by atoms with Gasteiger partial charge in [-0.15, -0.1) is 0 Å². The summed E-state index contributed by atoms with van der Waals surface area (Å²) in [5.74, 6) is 0.474. The molecule has 0 unspecified atom stereocenters. The largest absolute Gasteiger partial charge is 0.397 e. The summed E-state index contributed by atoms with van der Waals surface area (Å²) in [4.78, 5) is 7.59. The highest BCUT2D eigenvalue weighted by Gasteiger charge is 2.09. The van der Waals surface area contributed by atoms with E-state index in [2.05, 4.69) is 25.9 Å². The second kappa shape index (κ2) is 4.66. The van der Waals surface area contributed by atoms with Gasteiger partial charge in [0.05, 0.1) is 11.2 Å². The SMILES string of the molecule is Nc1cc(Br)cc2[nH]c(Cc3ccccc3F)nc12. The number of aromatic amines is 1. The van der Waals surface area contributed by atoms with Crippen LogP contribution < -0.4 is 5.73 Å². The first-order valence-electron chi connectivity index (χ1n) is 5.80. The Morgan fingerprint density at radius 2 is 2.05 bits per heavy atom. The molecule has 3 nitrogen and oxygen atoms in total. The number of nitrogens with zero attached hydrogens (tertiary/aromatic N) is 1. The number of aromatic nitrogens is 2. The molecule has 0 saturated carbocycles. The van der Waals surface area contributed by atoms with E-state index in [1.54, 1.807) is 18.2 Å². The Morgan fingerprint density at radius 1 is 1.26 bits per heavy atom. The van der Waals surface area contributed by atoms with Gasteiger partial charge in [-0.25, -0.2) is 9.37 Å². The van der Waals surface area contributed by atoms with E-state index in [1.807, 2.05) is 12.1 Å². The van der Waals surface area contributed by atoms with Crippen LogP contribution in [0.25, 0.3) is 11.0 Å². The number of benzene rings is 2. The Hall–Kier alpha value is -1.88. The van der Waals surface area contributed by atoms with Crippen molar-refractivity contribution < 1.29 is 4.39 Å². The minimum atomic E-state index is -0.225. The molecule has 0 aliphatic heterocycles. The fourth-order valence-corrected chi connectivity index (χ4v) is 2.54. The summed E-state index contributed by atoms with van der Waals surface area (Å²) >= 11 is 3.38. The number of fused-ring (bicyclic) bond motifs is 1. The molecular formula is C14H11BrFN3. The summed E-state index contributed by atoms with van der Waals surface area (Å²) in [7, 11) is 0. The Labute approximate surface area is 117 Å². The zero-order chi connectivity index (χ0) is 13.4. The molecule has 96 valence electrons. The number of hydrogen-bond acceptors (Lipinski definition) is 2. The van der Waals surface area contributed by atoms with Gasteiger partial charge in [0.2, 0.25) is 0 Å². The molecule has 0 atom stereocenters. The van der Waals surface area contributed by atoms with Gasteiger partial charge in [-0.2, -0.15) is 0 Å². The normalized spacial score (nSPS) is 11.1. The van der Waals surface area contributed by atoms with Crippen LogP contribution in [0, 0.1) is 5.82 Å². The lowest BCUT2D eigenvalue weighted by Gasteiger charge is -1.99. The fourth-order valence-electron chi connectivity index (χ4n) is 2.06. The lowest BCUT2D eigenvalue weighted by atomic mass is 10.1.